The standard InChI is InChI=1S/C17H39FNSi2.3CH3.Sn/c1-14(2,3)20(13,15(4,5)6)19-21(18,16(7,8)9)17(10,11)12;;;;/h1-13H3;3*1H3;/q-1;;;;+1. The molecular weight excluding hydrogens is 448 g/mol. The summed E-state index contributed by atoms with van der Waals surface area (Å²) in [6, 6.07) is 0. The molecule has 0 saturated carbocycles. The molecule has 0 aliphatic rings. The zero-order chi connectivity index (χ0) is 21.1. The minimum absolute atomic E-state index is 0.121. The van der Waals surface area contributed by atoms with Crippen LogP contribution >= 0.6 is 0 Å². The summed E-state index contributed by atoms with van der Waals surface area (Å²) >= 11 is -2.79. The topological polar surface area (TPSA) is 3.24 Å². The molecule has 5 heteroatoms. The molecule has 0 unspecified atom stereocenters. The first kappa shape index (κ1) is 26.1. The third-order valence-corrected chi connectivity index (χ3v) is 39.2. The van der Waals surface area contributed by atoms with E-state index < -0.39 is 35.5 Å². The van der Waals surface area contributed by atoms with Crippen molar-refractivity contribution in [1.82, 2.24) is 2.45 Å². The Balaban J connectivity index is 7.27. The molecule has 0 radical (unpaired) electrons. The van der Waals surface area contributed by atoms with E-state index in [0.29, 0.717) is 0 Å². The van der Waals surface area contributed by atoms with Gasteiger partial charge in [-0.1, -0.05) is 0 Å². The van der Waals surface area contributed by atoms with E-state index in [-0.39, 0.29) is 20.2 Å². The fraction of sp³-hybridized carbons (Fsp3) is 1.00. The second-order valence-electron chi connectivity index (χ2n) is 13.2. The third-order valence-electron chi connectivity index (χ3n) is 6.33. The Kier molecular flexibility index (Phi) is 7.18. The molecule has 152 valence electrons. The van der Waals surface area contributed by atoms with Crippen molar-refractivity contribution < 1.29 is 4.11 Å². The maximum atomic E-state index is 17.7. The van der Waals surface area contributed by atoms with Gasteiger partial charge in [0.2, 0.25) is 0 Å². The van der Waals surface area contributed by atoms with Crippen LogP contribution in [0.2, 0.25) is 41.5 Å². The van der Waals surface area contributed by atoms with Crippen LogP contribution in [0.15, 0.2) is 0 Å². The second-order valence-corrected chi connectivity index (χ2v) is 40.2. The molecule has 1 nitrogen and oxygen atoms in total. The zero-order valence-corrected chi connectivity index (χ0v) is 25.2. The average molecular weight is 496 g/mol. The molecular formula is C20H48FNSi2Sn. The van der Waals surface area contributed by atoms with Gasteiger partial charge in [0, 0.05) is 0 Å². The van der Waals surface area contributed by atoms with Crippen LogP contribution in [0.1, 0.15) is 83.1 Å². The van der Waals surface area contributed by atoms with Crippen LogP contribution in [-0.2, 0) is 0 Å². The van der Waals surface area contributed by atoms with Gasteiger partial charge < -0.3 is 0 Å². The van der Waals surface area contributed by atoms with Gasteiger partial charge in [-0.15, -0.1) is 0 Å². The molecule has 0 fully saturated rings. The minimum atomic E-state index is -3.28. The monoisotopic (exact) mass is 497 g/mol. The summed E-state index contributed by atoms with van der Waals surface area (Å²) in [5.74, 6) is 0. The predicted octanol–water partition coefficient (Wildman–Crippen LogP) is 8.31. The van der Waals surface area contributed by atoms with Crippen molar-refractivity contribution in [2.45, 2.75) is 125 Å². The van der Waals surface area contributed by atoms with E-state index in [2.05, 4.69) is 107 Å². The second kappa shape index (κ2) is 6.87. The van der Waals surface area contributed by atoms with Gasteiger partial charge in [-0.05, 0) is 0 Å². The van der Waals surface area contributed by atoms with Crippen molar-refractivity contribution in [1.29, 1.82) is 0 Å². The van der Waals surface area contributed by atoms with Crippen molar-refractivity contribution in [3.63, 3.8) is 0 Å². The van der Waals surface area contributed by atoms with E-state index in [1.54, 1.807) is 0 Å². The molecule has 0 rings (SSSR count). The SMILES string of the molecule is CC(C)(C)[Si](C)([N]([Si](F)(C(C)(C)C)C(C)(C)C)[Sn]([CH3])([CH3])[CH3])C(C)(C)C. The predicted molar refractivity (Wildman–Crippen MR) is 123 cm³/mol. The van der Waals surface area contributed by atoms with Crippen LogP contribution in [0.25, 0.3) is 0 Å². The molecule has 0 bridgehead atoms. The first-order valence-electron chi connectivity index (χ1n) is 9.86. The zero-order valence-electron chi connectivity index (χ0n) is 20.3. The van der Waals surface area contributed by atoms with Gasteiger partial charge in [-0.25, -0.2) is 0 Å². The molecule has 0 saturated heterocycles. The van der Waals surface area contributed by atoms with E-state index in [0.717, 1.165) is 0 Å². The Bertz CT molecular complexity index is 404. The molecule has 0 aliphatic heterocycles. The summed E-state index contributed by atoms with van der Waals surface area (Å²) in [5, 5.41) is -0.368. The molecule has 0 N–H and O–H groups in total. The van der Waals surface area contributed by atoms with Crippen molar-refractivity contribution >= 4 is 35.5 Å². The number of hydrogen-bond acceptors (Lipinski definition) is 1. The van der Waals surface area contributed by atoms with Crippen LogP contribution in [0.3, 0.4) is 0 Å². The van der Waals surface area contributed by atoms with E-state index in [1.807, 2.05) is 0 Å². The number of rotatable bonds is 3. The number of halogens is 1. The average Bonchev–Trinajstić information content (AvgIpc) is 2.20. The molecule has 0 aromatic rings. The van der Waals surface area contributed by atoms with Crippen LogP contribution < -0.4 is 0 Å². The van der Waals surface area contributed by atoms with Crippen LogP contribution in [0, 0.1) is 0 Å². The summed E-state index contributed by atoms with van der Waals surface area (Å²) in [6.45, 7) is 29.7. The fourth-order valence-corrected chi connectivity index (χ4v) is 51.9. The van der Waals surface area contributed by atoms with E-state index in [1.165, 1.54) is 0 Å². The number of nitrogens with zero attached hydrogens (tertiary/aromatic N) is 1. The van der Waals surface area contributed by atoms with Gasteiger partial charge >= 0.3 is 167 Å². The van der Waals surface area contributed by atoms with Crippen molar-refractivity contribution in [3.8, 4) is 0 Å². The van der Waals surface area contributed by atoms with Crippen LogP contribution in [-0.4, -0.2) is 37.9 Å². The molecule has 25 heavy (non-hydrogen) atoms. The van der Waals surface area contributed by atoms with E-state index >= 15 is 4.11 Å². The van der Waals surface area contributed by atoms with Crippen molar-refractivity contribution in [2.24, 2.45) is 0 Å². The Labute approximate surface area is 166 Å². The molecule has 0 amide bonds. The molecule has 0 aliphatic carbocycles. The van der Waals surface area contributed by atoms with E-state index in [4.69, 9.17) is 0 Å². The van der Waals surface area contributed by atoms with Crippen LogP contribution in [0.4, 0.5) is 4.11 Å². The quantitative estimate of drug-likeness (QED) is 0.281. The first-order chi connectivity index (χ1) is 10.4. The van der Waals surface area contributed by atoms with Crippen molar-refractivity contribution in [2.75, 3.05) is 0 Å². The summed E-state index contributed by atoms with van der Waals surface area (Å²) in [4.78, 5) is 7.32. The molecule has 0 atom stereocenters. The van der Waals surface area contributed by atoms with Gasteiger partial charge in [-0.2, -0.15) is 0 Å². The third kappa shape index (κ3) is 4.42. The van der Waals surface area contributed by atoms with Gasteiger partial charge in [-0.3, -0.25) is 0 Å². The van der Waals surface area contributed by atoms with E-state index in [9.17, 15) is 0 Å². The molecule has 0 aromatic carbocycles. The summed E-state index contributed by atoms with van der Waals surface area (Å²) < 4.78 is 20.4. The Morgan fingerprint density at radius 1 is 0.600 bits per heavy atom. The molecule has 0 heterocycles. The van der Waals surface area contributed by atoms with Gasteiger partial charge in [0.15, 0.2) is 0 Å². The number of hydrogen-bond donors (Lipinski definition) is 0. The molecule has 0 aromatic heterocycles. The Morgan fingerprint density at radius 3 is 0.960 bits per heavy atom. The Hall–Kier alpha value is 1.12. The summed E-state index contributed by atoms with van der Waals surface area (Å²) in [6.07, 6.45) is 0. The summed E-state index contributed by atoms with van der Waals surface area (Å²) in [5.41, 5.74) is 0. The first-order valence-corrected chi connectivity index (χ1v) is 24.0. The summed E-state index contributed by atoms with van der Waals surface area (Å²) in [7, 11) is -5.44. The Morgan fingerprint density at radius 2 is 0.840 bits per heavy atom. The normalized spacial score (nSPS) is 16.6. The van der Waals surface area contributed by atoms with Crippen molar-refractivity contribution in [3.05, 3.63) is 0 Å². The maximum absolute atomic E-state index is 17.7. The molecule has 0 spiro atoms. The fourth-order valence-electron chi connectivity index (χ4n) is 5.03. The van der Waals surface area contributed by atoms with Gasteiger partial charge in [0.1, 0.15) is 0 Å². The van der Waals surface area contributed by atoms with Crippen LogP contribution in [0.5, 0.6) is 0 Å². The van der Waals surface area contributed by atoms with Gasteiger partial charge in [0.05, 0.1) is 0 Å². The van der Waals surface area contributed by atoms with Gasteiger partial charge in [0.25, 0.3) is 0 Å².